The zero-order valence-electron chi connectivity index (χ0n) is 20.3. The largest absolute Gasteiger partial charge is 0.487 e. The summed E-state index contributed by atoms with van der Waals surface area (Å²) in [5.41, 5.74) is -0.480. The standard InChI is InChI=1S/C26H24ClF2N3O5/c1-15(33)31-14-32(25(35)26(2,3)36)20-7-4-16(10-21(20)31)12-30-9-8-22(23(27)24(30)34)37-13-17-5-6-18(28)11-19(17)29/h4-11,36H,12-14H2,1-3H3. The minimum absolute atomic E-state index is 0.0383. The Hall–Kier alpha value is -3.76. The SMILES string of the molecule is CC(=O)N1CN(C(=O)C(C)(C)O)c2ccc(Cn3ccc(OCc4ccc(F)cc4F)c(Cl)c3=O)cc21. The van der Waals surface area contributed by atoms with Gasteiger partial charge < -0.3 is 14.4 Å². The number of benzene rings is 2. The van der Waals surface area contributed by atoms with Crippen molar-refractivity contribution in [3.05, 3.63) is 86.8 Å². The summed E-state index contributed by atoms with van der Waals surface area (Å²) in [6, 6.07) is 9.59. The first kappa shape index (κ1) is 26.3. The second-order valence-electron chi connectivity index (χ2n) is 9.16. The van der Waals surface area contributed by atoms with E-state index in [0.29, 0.717) is 16.9 Å². The number of pyridine rings is 1. The third-order valence-corrected chi connectivity index (χ3v) is 6.22. The van der Waals surface area contributed by atoms with Crippen LogP contribution in [-0.2, 0) is 22.7 Å². The van der Waals surface area contributed by atoms with E-state index in [1.165, 1.54) is 53.5 Å². The van der Waals surface area contributed by atoms with Gasteiger partial charge in [0, 0.05) is 24.8 Å². The molecule has 0 bridgehead atoms. The Morgan fingerprint density at radius 3 is 2.46 bits per heavy atom. The number of carbonyl (C=O) groups excluding carboxylic acids is 2. The van der Waals surface area contributed by atoms with Crippen LogP contribution in [0.2, 0.25) is 5.02 Å². The molecule has 3 aromatic rings. The quantitative estimate of drug-likeness (QED) is 0.522. The molecule has 0 aliphatic carbocycles. The molecule has 2 heterocycles. The van der Waals surface area contributed by atoms with E-state index in [-0.39, 0.29) is 42.1 Å². The minimum atomic E-state index is -1.63. The molecule has 0 unspecified atom stereocenters. The van der Waals surface area contributed by atoms with Crippen molar-refractivity contribution in [1.82, 2.24) is 4.57 Å². The van der Waals surface area contributed by atoms with Gasteiger partial charge in [-0.2, -0.15) is 0 Å². The van der Waals surface area contributed by atoms with E-state index in [9.17, 15) is 28.3 Å². The van der Waals surface area contributed by atoms with Crippen LogP contribution in [-0.4, -0.2) is 33.8 Å². The lowest BCUT2D eigenvalue weighted by molar-refractivity contribution is -0.133. The molecule has 0 atom stereocenters. The van der Waals surface area contributed by atoms with Gasteiger partial charge in [-0.05, 0) is 49.7 Å². The van der Waals surface area contributed by atoms with Gasteiger partial charge in [-0.25, -0.2) is 8.78 Å². The summed E-state index contributed by atoms with van der Waals surface area (Å²) in [7, 11) is 0. The van der Waals surface area contributed by atoms with Crippen LogP contribution in [0, 0.1) is 11.6 Å². The number of amides is 2. The summed E-state index contributed by atoms with van der Waals surface area (Å²) < 4.78 is 33.8. The Bertz CT molecular complexity index is 1450. The molecule has 4 rings (SSSR count). The van der Waals surface area contributed by atoms with Crippen molar-refractivity contribution in [2.45, 2.75) is 39.5 Å². The second-order valence-corrected chi connectivity index (χ2v) is 9.53. The van der Waals surface area contributed by atoms with Gasteiger partial charge in [0.1, 0.15) is 41.3 Å². The Balaban J connectivity index is 1.57. The maximum Gasteiger partial charge on any atom is 0.273 e. The lowest BCUT2D eigenvalue weighted by atomic mass is 10.1. The highest BCUT2D eigenvalue weighted by atomic mass is 35.5. The molecule has 1 N–H and O–H groups in total. The summed E-state index contributed by atoms with van der Waals surface area (Å²) in [6.45, 7) is 3.93. The number of ether oxygens (including phenoxy) is 1. The Kier molecular flexibility index (Phi) is 7.07. The third-order valence-electron chi connectivity index (χ3n) is 5.87. The van der Waals surface area contributed by atoms with E-state index in [2.05, 4.69) is 0 Å². The van der Waals surface area contributed by atoms with Crippen molar-refractivity contribution in [2.24, 2.45) is 0 Å². The molecule has 1 aromatic heterocycles. The first-order chi connectivity index (χ1) is 17.4. The van der Waals surface area contributed by atoms with Crippen LogP contribution in [0.25, 0.3) is 0 Å². The number of hydrogen-bond donors (Lipinski definition) is 1. The molecule has 194 valence electrons. The minimum Gasteiger partial charge on any atom is -0.487 e. The van der Waals surface area contributed by atoms with Crippen molar-refractivity contribution in [3.63, 3.8) is 0 Å². The molecular weight excluding hydrogens is 508 g/mol. The van der Waals surface area contributed by atoms with Gasteiger partial charge >= 0.3 is 0 Å². The Morgan fingerprint density at radius 1 is 1.08 bits per heavy atom. The van der Waals surface area contributed by atoms with Crippen LogP contribution in [0.3, 0.4) is 0 Å². The molecule has 1 aliphatic rings. The van der Waals surface area contributed by atoms with Crippen molar-refractivity contribution in [2.75, 3.05) is 16.5 Å². The number of nitrogens with zero attached hydrogens (tertiary/aromatic N) is 3. The van der Waals surface area contributed by atoms with E-state index in [1.54, 1.807) is 18.2 Å². The predicted molar refractivity (Wildman–Crippen MR) is 134 cm³/mol. The highest BCUT2D eigenvalue weighted by Gasteiger charge is 2.38. The molecule has 37 heavy (non-hydrogen) atoms. The van der Waals surface area contributed by atoms with Gasteiger partial charge in [-0.15, -0.1) is 0 Å². The van der Waals surface area contributed by atoms with E-state index >= 15 is 0 Å². The van der Waals surface area contributed by atoms with Gasteiger partial charge in [0.05, 0.1) is 17.9 Å². The summed E-state index contributed by atoms with van der Waals surface area (Å²) in [4.78, 5) is 40.5. The van der Waals surface area contributed by atoms with Crippen LogP contribution < -0.4 is 20.1 Å². The summed E-state index contributed by atoms with van der Waals surface area (Å²) in [5, 5.41) is 9.95. The van der Waals surface area contributed by atoms with Gasteiger partial charge in [0.25, 0.3) is 11.5 Å². The summed E-state index contributed by atoms with van der Waals surface area (Å²) in [6.07, 6.45) is 1.46. The molecule has 0 saturated heterocycles. The highest BCUT2D eigenvalue weighted by Crippen LogP contribution is 2.38. The molecule has 0 radical (unpaired) electrons. The fraction of sp³-hybridized carbons (Fsp3) is 0.269. The monoisotopic (exact) mass is 531 g/mol. The second kappa shape index (κ2) is 9.95. The Labute approximate surface area is 216 Å². The smallest absolute Gasteiger partial charge is 0.273 e. The van der Waals surface area contributed by atoms with E-state index in [1.807, 2.05) is 0 Å². The maximum atomic E-state index is 13.9. The van der Waals surface area contributed by atoms with Crippen LogP contribution in [0.4, 0.5) is 20.2 Å². The van der Waals surface area contributed by atoms with Gasteiger partial charge in [0.15, 0.2) is 0 Å². The average Bonchev–Trinajstić information content (AvgIpc) is 3.20. The number of halogens is 3. The van der Waals surface area contributed by atoms with Gasteiger partial charge in [0.2, 0.25) is 5.91 Å². The van der Waals surface area contributed by atoms with Crippen LogP contribution in [0.15, 0.2) is 53.5 Å². The molecule has 11 heteroatoms. The molecule has 2 amide bonds. The number of carbonyl (C=O) groups is 2. The molecule has 0 saturated carbocycles. The van der Waals surface area contributed by atoms with Crippen LogP contribution in [0.5, 0.6) is 5.75 Å². The van der Waals surface area contributed by atoms with Crippen molar-refractivity contribution in [3.8, 4) is 5.75 Å². The van der Waals surface area contributed by atoms with E-state index in [0.717, 1.165) is 12.1 Å². The average molecular weight is 532 g/mol. The lowest BCUT2D eigenvalue weighted by Crippen LogP contribution is -2.47. The highest BCUT2D eigenvalue weighted by molar-refractivity contribution is 6.31. The van der Waals surface area contributed by atoms with Crippen LogP contribution in [0.1, 0.15) is 31.9 Å². The van der Waals surface area contributed by atoms with Crippen molar-refractivity contribution >= 4 is 34.8 Å². The summed E-state index contributed by atoms with van der Waals surface area (Å²) in [5.74, 6) is -2.28. The first-order valence-corrected chi connectivity index (χ1v) is 11.7. The van der Waals surface area contributed by atoms with Crippen molar-refractivity contribution in [1.29, 1.82) is 0 Å². The fourth-order valence-corrected chi connectivity index (χ4v) is 4.16. The predicted octanol–water partition coefficient (Wildman–Crippen LogP) is 3.84. The zero-order chi connectivity index (χ0) is 27.1. The lowest BCUT2D eigenvalue weighted by Gasteiger charge is -2.25. The molecule has 8 nitrogen and oxygen atoms in total. The number of anilines is 2. The Morgan fingerprint density at radius 2 is 1.81 bits per heavy atom. The number of aromatic nitrogens is 1. The molecule has 2 aromatic carbocycles. The number of rotatable bonds is 6. The van der Waals surface area contributed by atoms with Crippen LogP contribution >= 0.6 is 11.6 Å². The van der Waals surface area contributed by atoms with E-state index < -0.39 is 28.7 Å². The normalized spacial score (nSPS) is 13.1. The molecule has 0 spiro atoms. The fourth-order valence-electron chi connectivity index (χ4n) is 3.94. The number of hydrogen-bond acceptors (Lipinski definition) is 5. The molecular formula is C26H24ClF2N3O5. The first-order valence-electron chi connectivity index (χ1n) is 11.3. The number of fused-ring (bicyclic) bond motifs is 1. The molecule has 0 fully saturated rings. The molecule has 1 aliphatic heterocycles. The van der Waals surface area contributed by atoms with Gasteiger partial charge in [-0.1, -0.05) is 17.7 Å². The summed E-state index contributed by atoms with van der Waals surface area (Å²) >= 11 is 6.22. The third kappa shape index (κ3) is 5.35. The maximum absolute atomic E-state index is 13.9. The van der Waals surface area contributed by atoms with Crippen molar-refractivity contribution < 1.29 is 28.2 Å². The van der Waals surface area contributed by atoms with Gasteiger partial charge in [-0.3, -0.25) is 24.2 Å². The topological polar surface area (TPSA) is 92.1 Å². The van der Waals surface area contributed by atoms with E-state index in [4.69, 9.17) is 16.3 Å². The number of aliphatic hydroxyl groups is 1. The zero-order valence-corrected chi connectivity index (χ0v) is 21.1.